The molecule has 15 heavy (non-hydrogen) atoms. The van der Waals surface area contributed by atoms with E-state index in [0.29, 0.717) is 5.92 Å². The number of nitrogens with zero attached hydrogens (tertiary/aromatic N) is 1. The van der Waals surface area contributed by atoms with Crippen LogP contribution in [0.4, 0.5) is 0 Å². The largest absolute Gasteiger partial charge is 0.198 e. The second-order valence-corrected chi connectivity index (χ2v) is 4.24. The molecule has 1 aliphatic carbocycles. The Morgan fingerprint density at radius 2 is 2.07 bits per heavy atom. The van der Waals surface area contributed by atoms with E-state index in [0.717, 1.165) is 0 Å². The molecule has 0 spiro atoms. The Kier molecular flexibility index (Phi) is 2.87. The molecular weight excluding hydrogens is 182 g/mol. The van der Waals surface area contributed by atoms with Crippen LogP contribution in [0.5, 0.6) is 0 Å². The summed E-state index contributed by atoms with van der Waals surface area (Å²) >= 11 is 0. The Labute approximate surface area is 91.0 Å². The molecule has 1 nitrogen and oxygen atoms in total. The standard InChI is InChI=1S/C14H15N/c1-11(14(10-15)13-7-8-13)9-12-5-3-2-4-6-12/h2-6,9,13-14H,7-8H2,1H3/b11-9+. The maximum Gasteiger partial charge on any atom is 0.0703 e. The lowest BCUT2D eigenvalue weighted by atomic mass is 9.95. The minimum atomic E-state index is 0.130. The highest BCUT2D eigenvalue weighted by Crippen LogP contribution is 2.40. The van der Waals surface area contributed by atoms with Crippen LogP contribution < -0.4 is 0 Å². The van der Waals surface area contributed by atoms with Gasteiger partial charge < -0.3 is 0 Å². The molecule has 0 radical (unpaired) electrons. The molecule has 1 aromatic rings. The number of benzene rings is 1. The zero-order valence-corrected chi connectivity index (χ0v) is 8.98. The predicted octanol–water partition coefficient (Wildman–Crippen LogP) is 3.64. The Balaban J connectivity index is 2.16. The molecule has 2 rings (SSSR count). The van der Waals surface area contributed by atoms with Gasteiger partial charge in [0.05, 0.1) is 12.0 Å². The number of hydrogen-bond acceptors (Lipinski definition) is 1. The molecule has 1 atom stereocenters. The van der Waals surface area contributed by atoms with Crippen molar-refractivity contribution >= 4 is 6.08 Å². The smallest absolute Gasteiger partial charge is 0.0703 e. The van der Waals surface area contributed by atoms with Crippen LogP contribution in [0, 0.1) is 23.2 Å². The van der Waals surface area contributed by atoms with Gasteiger partial charge in [0.2, 0.25) is 0 Å². The minimum absolute atomic E-state index is 0.130. The molecule has 0 amide bonds. The van der Waals surface area contributed by atoms with Gasteiger partial charge in [0.1, 0.15) is 0 Å². The van der Waals surface area contributed by atoms with E-state index in [9.17, 15) is 0 Å². The number of nitriles is 1. The van der Waals surface area contributed by atoms with Crippen LogP contribution in [0.3, 0.4) is 0 Å². The van der Waals surface area contributed by atoms with Crippen LogP contribution in [0.15, 0.2) is 35.9 Å². The van der Waals surface area contributed by atoms with Gasteiger partial charge in [-0.25, -0.2) is 0 Å². The van der Waals surface area contributed by atoms with Crippen molar-refractivity contribution in [3.8, 4) is 6.07 Å². The molecule has 0 saturated heterocycles. The van der Waals surface area contributed by atoms with Crippen molar-refractivity contribution in [3.63, 3.8) is 0 Å². The molecule has 0 bridgehead atoms. The van der Waals surface area contributed by atoms with Gasteiger partial charge in [0.25, 0.3) is 0 Å². The van der Waals surface area contributed by atoms with Gasteiger partial charge in [0, 0.05) is 0 Å². The van der Waals surface area contributed by atoms with E-state index in [4.69, 9.17) is 5.26 Å². The fourth-order valence-electron chi connectivity index (χ4n) is 1.91. The minimum Gasteiger partial charge on any atom is -0.198 e. The second kappa shape index (κ2) is 4.31. The highest BCUT2D eigenvalue weighted by atomic mass is 14.4. The van der Waals surface area contributed by atoms with E-state index in [1.165, 1.54) is 24.0 Å². The summed E-state index contributed by atoms with van der Waals surface area (Å²) in [5.74, 6) is 0.750. The molecule has 0 N–H and O–H groups in total. The summed E-state index contributed by atoms with van der Waals surface area (Å²) in [7, 11) is 0. The average molecular weight is 197 g/mol. The lowest BCUT2D eigenvalue weighted by Gasteiger charge is -2.07. The number of rotatable bonds is 3. The van der Waals surface area contributed by atoms with Crippen LogP contribution in [0.25, 0.3) is 6.08 Å². The van der Waals surface area contributed by atoms with Crippen molar-refractivity contribution in [1.29, 1.82) is 5.26 Å². The van der Waals surface area contributed by atoms with Crippen LogP contribution in [-0.2, 0) is 0 Å². The SMILES string of the molecule is C/C(=C\c1ccccc1)C(C#N)C1CC1. The van der Waals surface area contributed by atoms with E-state index in [1.807, 2.05) is 18.2 Å². The molecule has 1 aromatic carbocycles. The van der Waals surface area contributed by atoms with Crippen molar-refractivity contribution in [2.24, 2.45) is 11.8 Å². The van der Waals surface area contributed by atoms with Gasteiger partial charge in [0.15, 0.2) is 0 Å². The molecule has 1 saturated carbocycles. The third kappa shape index (κ3) is 2.47. The predicted molar refractivity (Wildman–Crippen MR) is 61.9 cm³/mol. The van der Waals surface area contributed by atoms with Gasteiger partial charge in [-0.3, -0.25) is 0 Å². The summed E-state index contributed by atoms with van der Waals surface area (Å²) in [4.78, 5) is 0. The first kappa shape index (κ1) is 9.98. The molecule has 1 unspecified atom stereocenters. The highest BCUT2D eigenvalue weighted by molar-refractivity contribution is 5.53. The number of allylic oxidation sites excluding steroid dienone is 1. The van der Waals surface area contributed by atoms with Gasteiger partial charge in [-0.05, 0) is 31.2 Å². The van der Waals surface area contributed by atoms with Crippen molar-refractivity contribution in [2.45, 2.75) is 19.8 Å². The van der Waals surface area contributed by atoms with Crippen LogP contribution in [0.2, 0.25) is 0 Å². The lowest BCUT2D eigenvalue weighted by Crippen LogP contribution is -2.00. The van der Waals surface area contributed by atoms with E-state index in [2.05, 4.69) is 31.2 Å². The maximum absolute atomic E-state index is 9.09. The lowest BCUT2D eigenvalue weighted by molar-refractivity contribution is 0.673. The van der Waals surface area contributed by atoms with Gasteiger partial charge in [-0.15, -0.1) is 0 Å². The summed E-state index contributed by atoms with van der Waals surface area (Å²) in [6.07, 6.45) is 4.57. The normalized spacial score (nSPS) is 18.3. The Morgan fingerprint density at radius 1 is 1.40 bits per heavy atom. The summed E-state index contributed by atoms with van der Waals surface area (Å²) in [6, 6.07) is 12.6. The quantitative estimate of drug-likeness (QED) is 0.725. The van der Waals surface area contributed by atoms with Crippen LogP contribution in [-0.4, -0.2) is 0 Å². The molecular formula is C14H15N. The molecule has 0 heterocycles. The first-order valence-electron chi connectivity index (χ1n) is 5.44. The third-order valence-electron chi connectivity index (χ3n) is 2.92. The monoisotopic (exact) mass is 197 g/mol. The van der Waals surface area contributed by atoms with Gasteiger partial charge in [-0.1, -0.05) is 42.0 Å². The van der Waals surface area contributed by atoms with Crippen LogP contribution in [0.1, 0.15) is 25.3 Å². The first-order chi connectivity index (χ1) is 7.31. The Hall–Kier alpha value is -1.55. The topological polar surface area (TPSA) is 23.8 Å². The molecule has 76 valence electrons. The Morgan fingerprint density at radius 3 is 2.60 bits per heavy atom. The van der Waals surface area contributed by atoms with Crippen molar-refractivity contribution in [3.05, 3.63) is 41.5 Å². The van der Waals surface area contributed by atoms with Gasteiger partial charge >= 0.3 is 0 Å². The fraction of sp³-hybridized carbons (Fsp3) is 0.357. The summed E-state index contributed by atoms with van der Waals surface area (Å²) in [5, 5.41) is 9.09. The molecule has 1 heteroatoms. The molecule has 1 aliphatic rings. The van der Waals surface area contributed by atoms with Crippen molar-refractivity contribution < 1.29 is 0 Å². The fourth-order valence-corrected chi connectivity index (χ4v) is 1.91. The van der Waals surface area contributed by atoms with Crippen molar-refractivity contribution in [2.75, 3.05) is 0 Å². The maximum atomic E-state index is 9.09. The molecule has 1 fully saturated rings. The van der Waals surface area contributed by atoms with Crippen LogP contribution >= 0.6 is 0 Å². The van der Waals surface area contributed by atoms with E-state index < -0.39 is 0 Å². The zero-order chi connectivity index (χ0) is 10.7. The Bertz CT molecular complexity index is 393. The molecule has 0 aliphatic heterocycles. The summed E-state index contributed by atoms with van der Waals surface area (Å²) in [6.45, 7) is 2.07. The number of hydrogen-bond donors (Lipinski definition) is 0. The zero-order valence-electron chi connectivity index (χ0n) is 8.98. The molecule has 0 aromatic heterocycles. The third-order valence-corrected chi connectivity index (χ3v) is 2.92. The van der Waals surface area contributed by atoms with Gasteiger partial charge in [-0.2, -0.15) is 5.26 Å². The summed E-state index contributed by atoms with van der Waals surface area (Å²) in [5.41, 5.74) is 2.39. The van der Waals surface area contributed by atoms with E-state index in [-0.39, 0.29) is 5.92 Å². The van der Waals surface area contributed by atoms with Crippen molar-refractivity contribution in [1.82, 2.24) is 0 Å². The van der Waals surface area contributed by atoms with E-state index in [1.54, 1.807) is 0 Å². The second-order valence-electron chi connectivity index (χ2n) is 4.24. The summed E-state index contributed by atoms with van der Waals surface area (Å²) < 4.78 is 0. The van der Waals surface area contributed by atoms with E-state index >= 15 is 0 Å². The highest BCUT2D eigenvalue weighted by Gasteiger charge is 2.31. The average Bonchev–Trinajstić information content (AvgIpc) is 3.04. The first-order valence-corrected chi connectivity index (χ1v) is 5.44.